The molecular weight excluding hydrogens is 236 g/mol. The van der Waals surface area contributed by atoms with Crippen LogP contribution in [0.5, 0.6) is 0 Å². The minimum absolute atomic E-state index is 0.234. The van der Waals surface area contributed by atoms with Crippen LogP contribution < -0.4 is 0 Å². The van der Waals surface area contributed by atoms with Gasteiger partial charge in [-0.15, -0.1) is 0 Å². The molecule has 4 heteroatoms. The zero-order valence-electron chi connectivity index (χ0n) is 10.3. The first-order chi connectivity index (χ1) is 7.73. The molecule has 3 nitrogen and oxygen atoms in total. The molecule has 1 atom stereocenters. The van der Waals surface area contributed by atoms with Gasteiger partial charge < -0.3 is 5.11 Å². The first kappa shape index (κ1) is 13.9. The van der Waals surface area contributed by atoms with E-state index in [9.17, 15) is 13.5 Å². The first-order valence-electron chi connectivity index (χ1n) is 5.40. The topological polar surface area (TPSA) is 54.4 Å². The average Bonchev–Trinajstić information content (AvgIpc) is 2.26. The maximum absolute atomic E-state index is 11.9. The smallest absolute Gasteiger partial charge is 0.199 e. The molecule has 1 N–H and O–H groups in total. The number of benzene rings is 1. The molecule has 0 aromatic heterocycles. The van der Waals surface area contributed by atoms with Gasteiger partial charge in [-0.05, 0) is 23.6 Å². The number of aliphatic hydroxyl groups excluding tert-OH is 1. The second-order valence-corrected chi connectivity index (χ2v) is 6.83. The molecule has 1 aromatic rings. The Kier molecular flexibility index (Phi) is 4.11. The first-order valence-corrected chi connectivity index (χ1v) is 6.94. The molecule has 94 valence electrons. The summed E-state index contributed by atoms with van der Waals surface area (Å²) in [5.41, 5.74) is -0.372. The molecule has 0 bridgehead atoms. The zero-order valence-corrected chi connectivity index (χ0v) is 11.1. The lowest BCUT2D eigenvalue weighted by Crippen LogP contribution is -2.23. The second kappa shape index (κ2) is 5.02. The Morgan fingerprint density at radius 3 is 2.18 bits per heavy atom. The summed E-state index contributed by atoms with van der Waals surface area (Å²) in [6.45, 7) is 5.53. The van der Waals surface area contributed by atoms with Gasteiger partial charge in [0.2, 0.25) is 0 Å². The summed E-state index contributed by atoms with van der Waals surface area (Å²) in [6.07, 6.45) is 0.531. The fourth-order valence-electron chi connectivity index (χ4n) is 1.16. The van der Waals surface area contributed by atoms with Gasteiger partial charge in [0.15, 0.2) is 9.84 Å². The molecule has 0 radical (unpaired) electrons. The van der Waals surface area contributed by atoms with Gasteiger partial charge in [-0.2, -0.15) is 0 Å². The van der Waals surface area contributed by atoms with Crippen molar-refractivity contribution in [2.75, 3.05) is 0 Å². The normalized spacial score (nSPS) is 15.1. The molecule has 0 aliphatic carbocycles. The zero-order chi connectivity index (χ0) is 13.1. The molecule has 0 heterocycles. The van der Waals surface area contributed by atoms with Crippen LogP contribution in [0.4, 0.5) is 0 Å². The van der Waals surface area contributed by atoms with Gasteiger partial charge in [-0.3, -0.25) is 0 Å². The maximum Gasteiger partial charge on any atom is 0.199 e. The predicted octanol–water partition coefficient (Wildman–Crippen LogP) is 2.38. The molecule has 0 amide bonds. The number of rotatable bonds is 3. The summed E-state index contributed by atoms with van der Waals surface area (Å²) in [4.78, 5) is 0.234. The Hall–Kier alpha value is -1.13. The van der Waals surface area contributed by atoms with Crippen molar-refractivity contribution < 1.29 is 13.5 Å². The second-order valence-electron chi connectivity index (χ2n) is 5.00. The number of hydrogen-bond donors (Lipinski definition) is 1. The summed E-state index contributed by atoms with van der Waals surface area (Å²) in [5, 5.41) is 10.8. The van der Waals surface area contributed by atoms with Gasteiger partial charge in [-0.25, -0.2) is 8.42 Å². The summed E-state index contributed by atoms with van der Waals surface area (Å²) in [6, 6.07) is 8.15. The van der Waals surface area contributed by atoms with E-state index in [1.54, 1.807) is 18.2 Å². The Morgan fingerprint density at radius 1 is 1.18 bits per heavy atom. The summed E-state index contributed by atoms with van der Waals surface area (Å²) >= 11 is 0. The van der Waals surface area contributed by atoms with E-state index in [0.717, 1.165) is 5.41 Å². The molecule has 1 unspecified atom stereocenters. The fourth-order valence-corrected chi connectivity index (χ4v) is 2.20. The molecule has 17 heavy (non-hydrogen) atoms. The van der Waals surface area contributed by atoms with E-state index in [1.165, 1.54) is 18.2 Å². The van der Waals surface area contributed by atoms with Crippen molar-refractivity contribution in [3.05, 3.63) is 41.8 Å². The summed E-state index contributed by atoms with van der Waals surface area (Å²) < 4.78 is 23.7. The Labute approximate surface area is 103 Å². The monoisotopic (exact) mass is 254 g/mol. The van der Waals surface area contributed by atoms with E-state index < -0.39 is 15.9 Å². The third-order valence-electron chi connectivity index (χ3n) is 2.40. The SMILES string of the molecule is CC(C)(C)C(O)/C=C/S(=O)(=O)c1ccccc1. The van der Waals surface area contributed by atoms with Gasteiger partial charge in [0, 0.05) is 5.41 Å². The molecule has 0 saturated carbocycles. The molecular formula is C13H18O3S. The average molecular weight is 254 g/mol. The van der Waals surface area contributed by atoms with Crippen LogP contribution in [-0.4, -0.2) is 19.6 Å². The molecule has 0 spiro atoms. The van der Waals surface area contributed by atoms with Crippen LogP contribution in [0.3, 0.4) is 0 Å². The molecule has 0 aliphatic rings. The highest BCUT2D eigenvalue weighted by molar-refractivity contribution is 7.94. The van der Waals surface area contributed by atoms with E-state index in [-0.39, 0.29) is 10.3 Å². The van der Waals surface area contributed by atoms with Crippen molar-refractivity contribution in [3.63, 3.8) is 0 Å². The van der Waals surface area contributed by atoms with Gasteiger partial charge in [-0.1, -0.05) is 39.0 Å². The Balaban J connectivity index is 2.93. The van der Waals surface area contributed by atoms with Gasteiger partial charge >= 0.3 is 0 Å². The Morgan fingerprint density at radius 2 is 1.71 bits per heavy atom. The highest BCUT2D eigenvalue weighted by Crippen LogP contribution is 2.21. The molecule has 1 rings (SSSR count). The van der Waals surface area contributed by atoms with Crippen LogP contribution in [-0.2, 0) is 9.84 Å². The van der Waals surface area contributed by atoms with E-state index in [1.807, 2.05) is 20.8 Å². The quantitative estimate of drug-likeness (QED) is 0.901. The van der Waals surface area contributed by atoms with Crippen molar-refractivity contribution in [2.45, 2.75) is 31.8 Å². The minimum Gasteiger partial charge on any atom is -0.388 e. The molecule has 0 saturated heterocycles. The van der Waals surface area contributed by atoms with Crippen LogP contribution in [0.2, 0.25) is 0 Å². The van der Waals surface area contributed by atoms with Crippen molar-refractivity contribution in [3.8, 4) is 0 Å². The highest BCUT2D eigenvalue weighted by atomic mass is 32.2. The number of sulfone groups is 1. The standard InChI is InChI=1S/C13H18O3S/c1-13(2,3)12(14)9-10-17(15,16)11-7-5-4-6-8-11/h4-10,12,14H,1-3H3/b10-9+. The largest absolute Gasteiger partial charge is 0.388 e. The van der Waals surface area contributed by atoms with Crippen molar-refractivity contribution in [1.29, 1.82) is 0 Å². The van der Waals surface area contributed by atoms with Crippen LogP contribution in [0.1, 0.15) is 20.8 Å². The predicted molar refractivity (Wildman–Crippen MR) is 68.2 cm³/mol. The van der Waals surface area contributed by atoms with Crippen LogP contribution in [0, 0.1) is 5.41 Å². The summed E-state index contributed by atoms with van der Waals surface area (Å²) in [7, 11) is -3.46. The molecule has 1 aromatic carbocycles. The maximum atomic E-state index is 11.9. The number of aliphatic hydroxyl groups is 1. The highest BCUT2D eigenvalue weighted by Gasteiger charge is 2.20. The Bertz CT molecular complexity index is 481. The molecule has 0 aliphatic heterocycles. The molecule has 0 fully saturated rings. The van der Waals surface area contributed by atoms with Crippen LogP contribution in [0.15, 0.2) is 46.7 Å². The minimum atomic E-state index is -3.46. The number of hydrogen-bond acceptors (Lipinski definition) is 3. The lowest BCUT2D eigenvalue weighted by Gasteiger charge is -2.22. The van der Waals surface area contributed by atoms with Crippen LogP contribution in [0.25, 0.3) is 0 Å². The van der Waals surface area contributed by atoms with Gasteiger partial charge in [0.25, 0.3) is 0 Å². The van der Waals surface area contributed by atoms with Crippen LogP contribution >= 0.6 is 0 Å². The van der Waals surface area contributed by atoms with Crippen molar-refractivity contribution in [2.24, 2.45) is 5.41 Å². The van der Waals surface area contributed by atoms with E-state index >= 15 is 0 Å². The summed E-state index contributed by atoms with van der Waals surface area (Å²) in [5.74, 6) is 0. The lowest BCUT2D eigenvalue weighted by atomic mass is 9.89. The lowest BCUT2D eigenvalue weighted by molar-refractivity contribution is 0.105. The van der Waals surface area contributed by atoms with Crippen molar-refractivity contribution in [1.82, 2.24) is 0 Å². The van der Waals surface area contributed by atoms with E-state index in [4.69, 9.17) is 0 Å². The van der Waals surface area contributed by atoms with Crippen molar-refractivity contribution >= 4 is 9.84 Å². The van der Waals surface area contributed by atoms with E-state index in [2.05, 4.69) is 0 Å². The van der Waals surface area contributed by atoms with Gasteiger partial charge in [0.05, 0.1) is 11.0 Å². The third kappa shape index (κ3) is 3.98. The van der Waals surface area contributed by atoms with E-state index in [0.29, 0.717) is 0 Å². The third-order valence-corrected chi connectivity index (χ3v) is 3.84. The van der Waals surface area contributed by atoms with Gasteiger partial charge in [0.1, 0.15) is 0 Å². The fraction of sp³-hybridized carbons (Fsp3) is 0.385.